The first kappa shape index (κ1) is 25.5. The summed E-state index contributed by atoms with van der Waals surface area (Å²) in [6.07, 6.45) is 10.0. The minimum Gasteiger partial charge on any atom is -0.310 e. The van der Waals surface area contributed by atoms with Gasteiger partial charge >= 0.3 is 0 Å². The predicted octanol–water partition coefficient (Wildman–Crippen LogP) is 9.11. The third-order valence-corrected chi connectivity index (χ3v) is 13.1. The van der Waals surface area contributed by atoms with Gasteiger partial charge in [0, 0.05) is 42.1 Å². The summed E-state index contributed by atoms with van der Waals surface area (Å²) in [6.45, 7) is 2.60. The number of aryl methyl sites for hydroxylation is 3. The van der Waals surface area contributed by atoms with Crippen LogP contribution in [0, 0.1) is 6.92 Å². The van der Waals surface area contributed by atoms with Crippen LogP contribution in [-0.4, -0.2) is 6.71 Å². The van der Waals surface area contributed by atoms with Gasteiger partial charge in [0.25, 0.3) is 6.71 Å². The van der Waals surface area contributed by atoms with Gasteiger partial charge in [-0.25, -0.2) is 0 Å². The highest BCUT2D eigenvalue weighted by molar-refractivity contribution is 7.36. The van der Waals surface area contributed by atoms with Crippen molar-refractivity contribution in [2.45, 2.75) is 58.3 Å². The zero-order valence-corrected chi connectivity index (χ0v) is 26.7. The van der Waals surface area contributed by atoms with Gasteiger partial charge in [0.2, 0.25) is 0 Å². The van der Waals surface area contributed by atoms with Crippen molar-refractivity contribution >= 4 is 89.3 Å². The van der Waals surface area contributed by atoms with E-state index in [9.17, 15) is 0 Å². The van der Waals surface area contributed by atoms with Gasteiger partial charge in [-0.3, -0.25) is 0 Å². The first-order valence-electron chi connectivity index (χ1n) is 16.3. The van der Waals surface area contributed by atoms with Crippen molar-refractivity contribution in [1.29, 1.82) is 0 Å². The van der Waals surface area contributed by atoms with E-state index < -0.39 is 0 Å². The normalized spacial score (nSPS) is 16.3. The summed E-state index contributed by atoms with van der Waals surface area (Å²) >= 11 is 4.27. The van der Waals surface area contributed by atoms with Crippen LogP contribution in [-0.2, 0) is 25.7 Å². The van der Waals surface area contributed by atoms with Crippen molar-refractivity contribution < 1.29 is 0 Å². The van der Waals surface area contributed by atoms with Crippen LogP contribution in [0.2, 0.25) is 0 Å². The smallest absolute Gasteiger partial charge is 0.277 e. The molecule has 4 heterocycles. The van der Waals surface area contributed by atoms with E-state index in [4.69, 9.17) is 0 Å². The lowest BCUT2D eigenvalue weighted by Gasteiger charge is -2.43. The Labute approximate surface area is 267 Å². The first-order valence-corrected chi connectivity index (χ1v) is 18.0. The summed E-state index contributed by atoms with van der Waals surface area (Å²) < 4.78 is 3.16. The quantitative estimate of drug-likeness (QED) is 0.182. The first-order chi connectivity index (χ1) is 21.7. The Morgan fingerprint density at radius 2 is 1.14 bits per heavy atom. The van der Waals surface area contributed by atoms with Gasteiger partial charge in [-0.2, -0.15) is 22.7 Å². The number of benzene rings is 4. The molecule has 0 amide bonds. The maximum Gasteiger partial charge on any atom is 0.277 e. The van der Waals surface area contributed by atoms with Crippen LogP contribution >= 0.6 is 22.7 Å². The lowest BCUT2D eigenvalue weighted by atomic mass is 9.39. The summed E-state index contributed by atoms with van der Waals surface area (Å²) in [5.41, 5.74) is 14.4. The van der Waals surface area contributed by atoms with Crippen molar-refractivity contribution in [2.24, 2.45) is 0 Å². The Kier molecular flexibility index (Phi) is 5.57. The molecule has 44 heavy (non-hydrogen) atoms. The van der Waals surface area contributed by atoms with Crippen LogP contribution < -0.4 is 24.8 Å². The van der Waals surface area contributed by atoms with Gasteiger partial charge in [0.1, 0.15) is 0 Å². The third kappa shape index (κ3) is 3.54. The van der Waals surface area contributed by atoms with E-state index >= 15 is 0 Å². The van der Waals surface area contributed by atoms with E-state index in [-0.39, 0.29) is 0 Å². The lowest BCUT2D eigenvalue weighted by molar-refractivity contribution is 0.697. The second-order valence-electron chi connectivity index (χ2n) is 13.0. The number of rotatable bonds is 2. The molecule has 5 heteroatoms. The molecule has 0 N–H and O–H groups in total. The van der Waals surface area contributed by atoms with E-state index in [0.29, 0.717) is 6.71 Å². The molecule has 4 aliphatic rings. The van der Waals surface area contributed by atoms with Crippen molar-refractivity contribution in [3.8, 4) is 0 Å². The Bertz CT molecular complexity index is 2120. The number of fused-ring (bicyclic) bond motifs is 9. The molecule has 0 fully saturated rings. The van der Waals surface area contributed by atoms with Crippen LogP contribution in [0.1, 0.15) is 52.1 Å². The topological polar surface area (TPSA) is 6.48 Å². The molecule has 0 unspecified atom stereocenters. The minimum absolute atomic E-state index is 0.300. The molecule has 0 atom stereocenters. The average molecular weight is 605 g/mol. The van der Waals surface area contributed by atoms with Crippen LogP contribution in [0.15, 0.2) is 84.9 Å². The fraction of sp³-hybridized carbons (Fsp3) is 0.231. The number of para-hydroxylation sites is 1. The number of hydrogen-bond acceptors (Lipinski definition) is 4. The molecular formula is C39H33BN2S2. The molecule has 10 rings (SSSR count). The highest BCUT2D eigenvalue weighted by Crippen LogP contribution is 2.51. The lowest BCUT2D eigenvalue weighted by Crippen LogP contribution is -2.59. The van der Waals surface area contributed by atoms with Crippen molar-refractivity contribution in [1.82, 2.24) is 0 Å². The molecule has 6 aromatic rings. The summed E-state index contributed by atoms with van der Waals surface area (Å²) in [5.74, 6) is 0. The molecule has 0 radical (unpaired) electrons. The van der Waals surface area contributed by atoms with E-state index in [1.54, 1.807) is 30.4 Å². The second-order valence-corrected chi connectivity index (χ2v) is 15.3. The molecule has 0 spiro atoms. The van der Waals surface area contributed by atoms with Crippen molar-refractivity contribution in [2.75, 3.05) is 9.80 Å². The molecule has 214 valence electrons. The van der Waals surface area contributed by atoms with E-state index in [2.05, 4.69) is 124 Å². The molecule has 4 aromatic carbocycles. The summed E-state index contributed by atoms with van der Waals surface area (Å²) in [5, 5.41) is 2.60. The van der Waals surface area contributed by atoms with Gasteiger partial charge in [0.15, 0.2) is 0 Å². The third-order valence-electron chi connectivity index (χ3n) is 10.4. The largest absolute Gasteiger partial charge is 0.310 e. The Balaban J connectivity index is 1.32. The molecular weight excluding hydrogens is 571 g/mol. The van der Waals surface area contributed by atoms with E-state index in [0.717, 1.165) is 0 Å². The highest BCUT2D eigenvalue weighted by Gasteiger charge is 2.48. The fourth-order valence-corrected chi connectivity index (χ4v) is 11.6. The summed E-state index contributed by atoms with van der Waals surface area (Å²) in [4.78, 5) is 8.58. The van der Waals surface area contributed by atoms with Crippen LogP contribution in [0.5, 0.6) is 0 Å². The van der Waals surface area contributed by atoms with Gasteiger partial charge in [-0.05, 0) is 128 Å². The van der Waals surface area contributed by atoms with Gasteiger partial charge in [-0.1, -0.05) is 48.5 Å². The minimum atomic E-state index is 0.300. The van der Waals surface area contributed by atoms with Crippen LogP contribution in [0.4, 0.5) is 34.1 Å². The Morgan fingerprint density at radius 3 is 1.80 bits per heavy atom. The molecule has 2 aliphatic carbocycles. The van der Waals surface area contributed by atoms with Gasteiger partial charge in [-0.15, -0.1) is 0 Å². The number of thiophene rings is 2. The second kappa shape index (κ2) is 9.60. The average Bonchev–Trinajstić information content (AvgIpc) is 3.64. The molecule has 2 aromatic heterocycles. The fourth-order valence-electron chi connectivity index (χ4n) is 8.50. The van der Waals surface area contributed by atoms with E-state index in [1.165, 1.54) is 107 Å². The van der Waals surface area contributed by atoms with Crippen molar-refractivity contribution in [3.63, 3.8) is 0 Å². The Hall–Kier alpha value is -3.80. The maximum absolute atomic E-state index is 2.67. The van der Waals surface area contributed by atoms with Gasteiger partial charge < -0.3 is 9.80 Å². The number of anilines is 6. The van der Waals surface area contributed by atoms with Crippen LogP contribution in [0.25, 0.3) is 10.8 Å². The standard InChI is InChI=1S/C39H33BN2S2/c1-24-21-31-35-32(22-24)42(28-20-19-25-11-5-6-12-26(25)23-28)37-30-16-8-10-18-34(30)44-39(37)40(35)38-36(29-15-7-9-17-33(29)43-38)41(31)27-13-3-2-4-14-27/h2-6,11-14,19-23H,7-10,15-18H2,1H3. The molecule has 0 saturated heterocycles. The van der Waals surface area contributed by atoms with E-state index in [1.807, 2.05) is 0 Å². The monoisotopic (exact) mass is 604 g/mol. The highest BCUT2D eigenvalue weighted by atomic mass is 32.1. The number of hydrogen-bond donors (Lipinski definition) is 0. The summed E-state index contributed by atoms with van der Waals surface area (Å²) in [7, 11) is 0. The molecule has 0 saturated carbocycles. The number of nitrogens with zero attached hydrogens (tertiary/aromatic N) is 2. The molecule has 2 aliphatic heterocycles. The van der Waals surface area contributed by atoms with Gasteiger partial charge in [0.05, 0.1) is 11.4 Å². The Morgan fingerprint density at radius 1 is 0.568 bits per heavy atom. The zero-order valence-electron chi connectivity index (χ0n) is 25.0. The van der Waals surface area contributed by atoms with Crippen molar-refractivity contribution in [3.05, 3.63) is 111 Å². The summed E-state index contributed by atoms with van der Waals surface area (Å²) in [6, 6.07) is 32.1. The predicted molar refractivity (Wildman–Crippen MR) is 192 cm³/mol. The zero-order chi connectivity index (χ0) is 28.9. The SMILES string of the molecule is Cc1cc2c3c(c1)N(c1ccc4ccccc4c1)c1c(sc4c1CCCC4)B3c1sc3c(c1N2c1ccccc1)CCCC3. The maximum atomic E-state index is 2.67. The molecule has 0 bridgehead atoms. The van der Waals surface area contributed by atoms with Crippen LogP contribution in [0.3, 0.4) is 0 Å². The molecule has 2 nitrogen and oxygen atoms in total.